The molecule has 0 aliphatic carbocycles. The first-order valence-electron chi connectivity index (χ1n) is 10.3. The molecule has 1 unspecified atom stereocenters. The van der Waals surface area contributed by atoms with Gasteiger partial charge in [0.15, 0.2) is 6.10 Å². The molecule has 2 aromatic rings. The number of benzene rings is 2. The van der Waals surface area contributed by atoms with Crippen LogP contribution in [0, 0.1) is 6.92 Å². The number of carbonyl (C=O) groups is 2. The maximum Gasteiger partial charge on any atom is 0.263 e. The number of hydrogen-bond donors (Lipinski definition) is 0. The van der Waals surface area contributed by atoms with Gasteiger partial charge < -0.3 is 14.5 Å². The van der Waals surface area contributed by atoms with E-state index in [2.05, 4.69) is 13.8 Å². The fourth-order valence-corrected chi connectivity index (χ4v) is 3.65. The minimum Gasteiger partial charge on any atom is -0.481 e. The minimum absolute atomic E-state index is 0.0240. The summed E-state index contributed by atoms with van der Waals surface area (Å²) in [6.07, 6.45) is -0.561. The number of rotatable bonds is 5. The normalized spacial score (nSPS) is 15.3. The monoisotopic (exact) mass is 394 g/mol. The number of aryl methyl sites for hydroxylation is 1. The highest BCUT2D eigenvalue weighted by atomic mass is 16.5. The number of nitrogens with zero attached hydrogens (tertiary/aromatic N) is 2. The smallest absolute Gasteiger partial charge is 0.263 e. The Labute approximate surface area is 173 Å². The van der Waals surface area contributed by atoms with Gasteiger partial charge in [-0.1, -0.05) is 49.7 Å². The molecule has 3 rings (SSSR count). The van der Waals surface area contributed by atoms with Gasteiger partial charge in [-0.25, -0.2) is 0 Å². The van der Waals surface area contributed by atoms with Crippen LogP contribution in [0.15, 0.2) is 48.5 Å². The highest BCUT2D eigenvalue weighted by Gasteiger charge is 2.28. The molecule has 2 aromatic carbocycles. The van der Waals surface area contributed by atoms with E-state index in [1.165, 1.54) is 0 Å². The second-order valence-corrected chi connectivity index (χ2v) is 7.94. The molecule has 0 bridgehead atoms. The molecule has 5 nitrogen and oxygen atoms in total. The molecule has 1 fully saturated rings. The number of carbonyl (C=O) groups excluding carboxylic acids is 2. The molecular formula is C24H30N2O3. The van der Waals surface area contributed by atoms with Crippen LogP contribution in [0.3, 0.4) is 0 Å². The summed E-state index contributed by atoms with van der Waals surface area (Å²) in [5, 5.41) is 0. The predicted molar refractivity (Wildman–Crippen MR) is 114 cm³/mol. The number of amides is 2. The third-order valence-electron chi connectivity index (χ3n) is 5.34. The average molecular weight is 395 g/mol. The number of para-hydroxylation sites is 1. The Morgan fingerprint density at radius 2 is 1.55 bits per heavy atom. The number of hydrogen-bond acceptors (Lipinski definition) is 3. The fraction of sp³-hybridized carbons (Fsp3) is 0.417. The van der Waals surface area contributed by atoms with E-state index >= 15 is 0 Å². The third kappa shape index (κ3) is 4.97. The van der Waals surface area contributed by atoms with Crippen LogP contribution in [0.25, 0.3) is 0 Å². The predicted octanol–water partition coefficient (Wildman–Crippen LogP) is 3.87. The van der Waals surface area contributed by atoms with Crippen LogP contribution >= 0.6 is 0 Å². The maximum atomic E-state index is 12.9. The van der Waals surface area contributed by atoms with Crippen molar-refractivity contribution in [1.82, 2.24) is 9.80 Å². The summed E-state index contributed by atoms with van der Waals surface area (Å²) in [6, 6.07) is 15.5. The first-order chi connectivity index (χ1) is 13.9. The SMILES string of the molecule is Cc1cccc(C(=O)N2CCN(C(=O)C(C)Oc3ccccc3C(C)C)CC2)c1. The lowest BCUT2D eigenvalue weighted by Crippen LogP contribution is -2.53. The number of piperazine rings is 1. The number of ether oxygens (including phenoxy) is 1. The quantitative estimate of drug-likeness (QED) is 0.774. The zero-order chi connectivity index (χ0) is 21.0. The fourth-order valence-electron chi connectivity index (χ4n) is 3.65. The van der Waals surface area contributed by atoms with Crippen LogP contribution < -0.4 is 4.74 Å². The summed E-state index contributed by atoms with van der Waals surface area (Å²) in [5.74, 6) is 1.07. The van der Waals surface area contributed by atoms with Crippen LogP contribution in [0.4, 0.5) is 0 Å². The van der Waals surface area contributed by atoms with E-state index in [-0.39, 0.29) is 11.8 Å². The molecule has 1 atom stereocenters. The molecule has 154 valence electrons. The van der Waals surface area contributed by atoms with E-state index in [0.29, 0.717) is 37.7 Å². The molecule has 1 heterocycles. The van der Waals surface area contributed by atoms with Gasteiger partial charge in [0.05, 0.1) is 0 Å². The van der Waals surface area contributed by atoms with Gasteiger partial charge in [0.1, 0.15) is 5.75 Å². The van der Waals surface area contributed by atoms with Gasteiger partial charge in [0.25, 0.3) is 11.8 Å². The van der Waals surface area contributed by atoms with Gasteiger partial charge >= 0.3 is 0 Å². The van der Waals surface area contributed by atoms with Crippen LogP contribution in [-0.4, -0.2) is 53.9 Å². The molecule has 29 heavy (non-hydrogen) atoms. The van der Waals surface area contributed by atoms with E-state index in [1.807, 2.05) is 60.4 Å². The van der Waals surface area contributed by atoms with Crippen LogP contribution in [0.5, 0.6) is 5.75 Å². The van der Waals surface area contributed by atoms with E-state index < -0.39 is 6.10 Å². The molecule has 1 aliphatic heterocycles. The lowest BCUT2D eigenvalue weighted by atomic mass is 10.0. The zero-order valence-corrected chi connectivity index (χ0v) is 17.7. The first-order valence-corrected chi connectivity index (χ1v) is 10.3. The largest absolute Gasteiger partial charge is 0.481 e. The third-order valence-corrected chi connectivity index (χ3v) is 5.34. The lowest BCUT2D eigenvalue weighted by Gasteiger charge is -2.36. The van der Waals surface area contributed by atoms with Gasteiger partial charge in [0, 0.05) is 31.7 Å². The molecular weight excluding hydrogens is 364 g/mol. The topological polar surface area (TPSA) is 49.9 Å². The summed E-state index contributed by atoms with van der Waals surface area (Å²) >= 11 is 0. The molecule has 1 saturated heterocycles. The molecule has 0 aromatic heterocycles. The summed E-state index contributed by atoms with van der Waals surface area (Å²) in [6.45, 7) is 10.1. The molecule has 0 radical (unpaired) electrons. The van der Waals surface area contributed by atoms with Gasteiger partial charge in [0.2, 0.25) is 0 Å². The van der Waals surface area contributed by atoms with E-state index in [1.54, 1.807) is 11.8 Å². The van der Waals surface area contributed by atoms with Gasteiger partial charge in [-0.15, -0.1) is 0 Å². The van der Waals surface area contributed by atoms with Gasteiger partial charge in [-0.05, 0) is 43.5 Å². The molecule has 0 spiro atoms. The van der Waals surface area contributed by atoms with Crippen LogP contribution in [0.2, 0.25) is 0 Å². The van der Waals surface area contributed by atoms with Gasteiger partial charge in [-0.2, -0.15) is 0 Å². The Morgan fingerprint density at radius 1 is 0.897 bits per heavy atom. The summed E-state index contributed by atoms with van der Waals surface area (Å²) < 4.78 is 6.01. The molecule has 2 amide bonds. The molecule has 0 saturated carbocycles. The van der Waals surface area contributed by atoms with Crippen molar-refractivity contribution in [1.29, 1.82) is 0 Å². The zero-order valence-electron chi connectivity index (χ0n) is 17.7. The van der Waals surface area contributed by atoms with Crippen molar-refractivity contribution in [2.75, 3.05) is 26.2 Å². The van der Waals surface area contributed by atoms with Crippen molar-refractivity contribution in [2.24, 2.45) is 0 Å². The summed E-state index contributed by atoms with van der Waals surface area (Å²) in [4.78, 5) is 29.2. The molecule has 1 aliphatic rings. The van der Waals surface area contributed by atoms with Crippen molar-refractivity contribution >= 4 is 11.8 Å². The highest BCUT2D eigenvalue weighted by molar-refractivity contribution is 5.94. The Bertz CT molecular complexity index is 870. The summed E-state index contributed by atoms with van der Waals surface area (Å²) in [5.41, 5.74) is 2.87. The van der Waals surface area contributed by atoms with Crippen molar-refractivity contribution in [2.45, 2.75) is 39.7 Å². The first kappa shape index (κ1) is 20.9. The Balaban J connectivity index is 1.58. The highest BCUT2D eigenvalue weighted by Crippen LogP contribution is 2.27. The second-order valence-electron chi connectivity index (χ2n) is 7.94. The van der Waals surface area contributed by atoms with Gasteiger partial charge in [-0.3, -0.25) is 9.59 Å². The van der Waals surface area contributed by atoms with E-state index in [4.69, 9.17) is 4.74 Å². The summed E-state index contributed by atoms with van der Waals surface area (Å²) in [7, 11) is 0. The van der Waals surface area contributed by atoms with Crippen molar-refractivity contribution < 1.29 is 14.3 Å². The van der Waals surface area contributed by atoms with Crippen molar-refractivity contribution in [3.63, 3.8) is 0 Å². The molecule has 5 heteroatoms. The van der Waals surface area contributed by atoms with Crippen molar-refractivity contribution in [3.05, 3.63) is 65.2 Å². The van der Waals surface area contributed by atoms with Crippen LogP contribution in [-0.2, 0) is 4.79 Å². The van der Waals surface area contributed by atoms with Crippen molar-refractivity contribution in [3.8, 4) is 5.75 Å². The average Bonchev–Trinajstić information content (AvgIpc) is 2.73. The minimum atomic E-state index is -0.561. The Kier molecular flexibility index (Phi) is 6.57. The lowest BCUT2D eigenvalue weighted by molar-refractivity contribution is -0.139. The Hall–Kier alpha value is -2.82. The van der Waals surface area contributed by atoms with E-state index in [0.717, 1.165) is 16.9 Å². The maximum absolute atomic E-state index is 12.9. The Morgan fingerprint density at radius 3 is 2.21 bits per heavy atom. The van der Waals surface area contributed by atoms with E-state index in [9.17, 15) is 9.59 Å². The molecule has 0 N–H and O–H groups in total. The van der Waals surface area contributed by atoms with Crippen LogP contribution in [0.1, 0.15) is 48.2 Å². The second kappa shape index (κ2) is 9.12. The standard InChI is InChI=1S/C24H30N2O3/c1-17(2)21-10-5-6-11-22(21)29-19(4)23(27)25-12-14-26(15-13-25)24(28)20-9-7-8-18(3)16-20/h5-11,16-17,19H,12-15H2,1-4H3.